The van der Waals surface area contributed by atoms with Crippen molar-refractivity contribution in [2.24, 2.45) is 0 Å². The highest BCUT2D eigenvalue weighted by Crippen LogP contribution is 2.32. The van der Waals surface area contributed by atoms with E-state index in [1.165, 1.54) is 0 Å². The second-order valence-electron chi connectivity index (χ2n) is 6.12. The number of carbonyl (C=O) groups excluding carboxylic acids is 1. The Balaban J connectivity index is 1.52. The Bertz CT molecular complexity index is 948. The third kappa shape index (κ3) is 3.11. The van der Waals surface area contributed by atoms with Gasteiger partial charge in [-0.05, 0) is 23.8 Å². The van der Waals surface area contributed by atoms with Gasteiger partial charge in [-0.2, -0.15) is 0 Å². The quantitative estimate of drug-likeness (QED) is 0.741. The molecule has 0 saturated carbocycles. The zero-order valence-corrected chi connectivity index (χ0v) is 14.5. The van der Waals surface area contributed by atoms with E-state index in [-0.39, 0.29) is 12.7 Å². The van der Waals surface area contributed by atoms with Gasteiger partial charge in [-0.25, -0.2) is 0 Å². The van der Waals surface area contributed by atoms with Crippen molar-refractivity contribution < 1.29 is 19.0 Å². The number of methoxy groups -OCH3 is 1. The van der Waals surface area contributed by atoms with E-state index in [9.17, 15) is 4.79 Å². The van der Waals surface area contributed by atoms with Crippen molar-refractivity contribution in [3.8, 4) is 11.5 Å². The summed E-state index contributed by atoms with van der Waals surface area (Å²) in [4.78, 5) is 12.7. The van der Waals surface area contributed by atoms with Crippen LogP contribution in [0.1, 0.15) is 15.9 Å². The number of ether oxygens (including phenoxy) is 3. The van der Waals surface area contributed by atoms with E-state index in [0.717, 1.165) is 22.2 Å². The number of rotatable bonds is 6. The number of hydrogen-bond acceptors (Lipinski definition) is 4. The lowest BCUT2D eigenvalue weighted by molar-refractivity contribution is 0.0952. The standard InChI is InChI=1S/C20H20N2O4/c1-24-9-8-22-12-16(15-4-2-3-5-17(15)22)20(23)21-11-14-6-7-18-19(10-14)26-13-25-18/h2-7,10,12H,8-9,11,13H2,1H3,(H,21,23). The first-order valence-electron chi connectivity index (χ1n) is 8.50. The topological polar surface area (TPSA) is 61.7 Å². The van der Waals surface area contributed by atoms with Crippen LogP contribution < -0.4 is 14.8 Å². The summed E-state index contributed by atoms with van der Waals surface area (Å²) in [6.45, 7) is 1.96. The average Bonchev–Trinajstić information content (AvgIpc) is 3.28. The van der Waals surface area contributed by atoms with E-state index in [1.54, 1.807) is 7.11 Å². The molecule has 0 unspecified atom stereocenters. The maximum absolute atomic E-state index is 12.7. The predicted octanol–water partition coefficient (Wildman–Crippen LogP) is 2.95. The number of carbonyl (C=O) groups is 1. The Morgan fingerprint density at radius 2 is 2.04 bits per heavy atom. The van der Waals surface area contributed by atoms with Gasteiger partial charge in [-0.3, -0.25) is 4.79 Å². The first-order chi connectivity index (χ1) is 12.8. The minimum atomic E-state index is -0.102. The van der Waals surface area contributed by atoms with Crippen LogP contribution >= 0.6 is 0 Å². The van der Waals surface area contributed by atoms with Gasteiger partial charge in [0.2, 0.25) is 6.79 Å². The number of nitrogens with one attached hydrogen (secondary N) is 1. The van der Waals surface area contributed by atoms with Gasteiger partial charge in [0.25, 0.3) is 5.91 Å². The van der Waals surface area contributed by atoms with Crippen LogP contribution in [-0.4, -0.2) is 31.0 Å². The molecular weight excluding hydrogens is 332 g/mol. The molecule has 0 radical (unpaired) electrons. The minimum Gasteiger partial charge on any atom is -0.454 e. The monoisotopic (exact) mass is 352 g/mol. The molecule has 0 bridgehead atoms. The second-order valence-corrected chi connectivity index (χ2v) is 6.12. The summed E-state index contributed by atoms with van der Waals surface area (Å²) in [7, 11) is 1.67. The van der Waals surface area contributed by atoms with Crippen molar-refractivity contribution in [3.05, 3.63) is 59.8 Å². The summed E-state index contributed by atoms with van der Waals surface area (Å²) < 4.78 is 17.9. The van der Waals surface area contributed by atoms with Gasteiger partial charge in [0, 0.05) is 37.3 Å². The number of aromatic nitrogens is 1. The number of benzene rings is 2. The van der Waals surface area contributed by atoms with Crippen LogP contribution in [0.5, 0.6) is 11.5 Å². The summed E-state index contributed by atoms with van der Waals surface area (Å²) in [5.74, 6) is 1.35. The van der Waals surface area contributed by atoms with Crippen molar-refractivity contribution >= 4 is 16.8 Å². The molecule has 134 valence electrons. The van der Waals surface area contributed by atoms with Crippen LogP contribution in [0, 0.1) is 0 Å². The predicted molar refractivity (Wildman–Crippen MR) is 97.5 cm³/mol. The zero-order valence-electron chi connectivity index (χ0n) is 14.5. The first-order valence-corrected chi connectivity index (χ1v) is 8.50. The maximum Gasteiger partial charge on any atom is 0.253 e. The highest BCUT2D eigenvalue weighted by atomic mass is 16.7. The minimum absolute atomic E-state index is 0.102. The lowest BCUT2D eigenvalue weighted by Crippen LogP contribution is -2.22. The van der Waals surface area contributed by atoms with Crippen LogP contribution in [-0.2, 0) is 17.8 Å². The Hall–Kier alpha value is -2.99. The smallest absolute Gasteiger partial charge is 0.253 e. The van der Waals surface area contributed by atoms with Gasteiger partial charge < -0.3 is 24.1 Å². The molecular formula is C20H20N2O4. The summed E-state index contributed by atoms with van der Waals surface area (Å²) in [5.41, 5.74) is 2.65. The fourth-order valence-corrected chi connectivity index (χ4v) is 3.13. The van der Waals surface area contributed by atoms with Gasteiger partial charge in [0.05, 0.1) is 12.2 Å². The molecule has 0 saturated heterocycles. The molecule has 1 N–H and O–H groups in total. The third-order valence-electron chi connectivity index (χ3n) is 4.46. The molecule has 1 amide bonds. The van der Waals surface area contributed by atoms with E-state index in [0.29, 0.717) is 31.0 Å². The van der Waals surface area contributed by atoms with Crippen LogP contribution in [0.3, 0.4) is 0 Å². The fraction of sp³-hybridized carbons (Fsp3) is 0.250. The van der Waals surface area contributed by atoms with Gasteiger partial charge in [-0.1, -0.05) is 24.3 Å². The normalized spacial score (nSPS) is 12.5. The molecule has 26 heavy (non-hydrogen) atoms. The largest absolute Gasteiger partial charge is 0.454 e. The summed E-state index contributed by atoms with van der Waals surface area (Å²) >= 11 is 0. The van der Waals surface area contributed by atoms with Crippen LogP contribution in [0.25, 0.3) is 10.9 Å². The van der Waals surface area contributed by atoms with E-state index in [2.05, 4.69) is 5.32 Å². The van der Waals surface area contributed by atoms with Crippen LogP contribution in [0.15, 0.2) is 48.7 Å². The van der Waals surface area contributed by atoms with Gasteiger partial charge in [0.15, 0.2) is 11.5 Å². The van der Waals surface area contributed by atoms with E-state index in [4.69, 9.17) is 14.2 Å². The van der Waals surface area contributed by atoms with Crippen molar-refractivity contribution in [2.45, 2.75) is 13.1 Å². The Kier molecular flexibility index (Phi) is 4.50. The highest BCUT2D eigenvalue weighted by molar-refractivity contribution is 6.07. The molecule has 1 aliphatic rings. The highest BCUT2D eigenvalue weighted by Gasteiger charge is 2.16. The van der Waals surface area contributed by atoms with E-state index in [1.807, 2.05) is 53.2 Å². The molecule has 3 aromatic rings. The van der Waals surface area contributed by atoms with Crippen LogP contribution in [0.2, 0.25) is 0 Å². The van der Waals surface area contributed by atoms with Gasteiger partial charge in [0.1, 0.15) is 0 Å². The Morgan fingerprint density at radius 3 is 2.92 bits per heavy atom. The summed E-state index contributed by atoms with van der Waals surface area (Å²) in [5, 5.41) is 3.92. The Labute approximate surface area is 151 Å². The number of para-hydroxylation sites is 1. The molecule has 6 heteroatoms. The van der Waals surface area contributed by atoms with Crippen molar-refractivity contribution in [3.63, 3.8) is 0 Å². The van der Waals surface area contributed by atoms with Crippen molar-refractivity contribution in [2.75, 3.05) is 20.5 Å². The molecule has 1 aliphatic heterocycles. The Morgan fingerprint density at radius 1 is 1.19 bits per heavy atom. The van der Waals surface area contributed by atoms with Gasteiger partial charge >= 0.3 is 0 Å². The molecule has 0 aliphatic carbocycles. The molecule has 4 rings (SSSR count). The van der Waals surface area contributed by atoms with Crippen LogP contribution in [0.4, 0.5) is 0 Å². The van der Waals surface area contributed by atoms with E-state index < -0.39 is 0 Å². The van der Waals surface area contributed by atoms with Crippen molar-refractivity contribution in [1.82, 2.24) is 9.88 Å². The molecule has 0 spiro atoms. The maximum atomic E-state index is 12.7. The molecule has 2 aromatic carbocycles. The number of fused-ring (bicyclic) bond motifs is 2. The lowest BCUT2D eigenvalue weighted by atomic mass is 10.1. The molecule has 0 fully saturated rings. The zero-order chi connectivity index (χ0) is 17.9. The molecule has 2 heterocycles. The molecule has 0 atom stereocenters. The summed E-state index contributed by atoms with van der Waals surface area (Å²) in [6.07, 6.45) is 1.89. The van der Waals surface area contributed by atoms with E-state index >= 15 is 0 Å². The third-order valence-corrected chi connectivity index (χ3v) is 4.46. The number of nitrogens with zero attached hydrogens (tertiary/aromatic N) is 1. The lowest BCUT2D eigenvalue weighted by Gasteiger charge is -2.06. The molecule has 1 aromatic heterocycles. The first kappa shape index (κ1) is 16.5. The van der Waals surface area contributed by atoms with Crippen molar-refractivity contribution in [1.29, 1.82) is 0 Å². The number of hydrogen-bond donors (Lipinski definition) is 1. The SMILES string of the molecule is COCCn1cc(C(=O)NCc2ccc3c(c2)OCO3)c2ccccc21. The van der Waals surface area contributed by atoms with Gasteiger partial charge in [-0.15, -0.1) is 0 Å². The fourth-order valence-electron chi connectivity index (χ4n) is 3.13. The number of amides is 1. The molecule has 6 nitrogen and oxygen atoms in total. The second kappa shape index (κ2) is 7.09. The summed E-state index contributed by atoms with van der Waals surface area (Å²) in [6, 6.07) is 13.6. The average molecular weight is 352 g/mol.